The number of methoxy groups -OCH3 is 1. The molecule has 0 saturated heterocycles. The highest BCUT2D eigenvalue weighted by atomic mass is 32.2. The largest absolute Gasteiger partial charge is 0.495 e. The molecule has 0 radical (unpaired) electrons. The van der Waals surface area contributed by atoms with Crippen LogP contribution in [0.15, 0.2) is 94.5 Å². The molecule has 3 aromatic carbocycles. The van der Waals surface area contributed by atoms with Crippen LogP contribution in [0.5, 0.6) is 5.75 Å². The fourth-order valence-electron chi connectivity index (χ4n) is 3.85. The van der Waals surface area contributed by atoms with Gasteiger partial charge in [-0.3, -0.25) is 14.5 Å². The third-order valence-electron chi connectivity index (χ3n) is 5.70. The van der Waals surface area contributed by atoms with Gasteiger partial charge in [0.05, 0.1) is 24.5 Å². The van der Waals surface area contributed by atoms with Crippen LogP contribution in [0.1, 0.15) is 16.2 Å². The minimum atomic E-state index is -4.12. The predicted octanol–water partition coefficient (Wildman–Crippen LogP) is 5.26. The van der Waals surface area contributed by atoms with Gasteiger partial charge in [-0.15, -0.1) is 0 Å². The molecule has 186 valence electrons. The van der Waals surface area contributed by atoms with E-state index in [0.717, 1.165) is 11.1 Å². The number of hydrogen-bond donors (Lipinski definition) is 2. The summed E-state index contributed by atoms with van der Waals surface area (Å²) in [5, 5.41) is 3.30. The Labute approximate surface area is 213 Å². The van der Waals surface area contributed by atoms with E-state index in [4.69, 9.17) is 9.15 Å². The molecule has 0 fully saturated rings. The monoisotopic (exact) mass is 514 g/mol. The van der Waals surface area contributed by atoms with E-state index in [1.165, 1.54) is 31.5 Å². The highest BCUT2D eigenvalue weighted by Crippen LogP contribution is 2.32. The van der Waals surface area contributed by atoms with E-state index in [0.29, 0.717) is 22.4 Å². The van der Waals surface area contributed by atoms with Crippen LogP contribution < -0.4 is 14.8 Å². The molecule has 0 bridgehead atoms. The van der Waals surface area contributed by atoms with E-state index in [9.17, 15) is 13.2 Å². The van der Waals surface area contributed by atoms with Gasteiger partial charge >= 0.3 is 5.91 Å². The van der Waals surface area contributed by atoms with E-state index >= 15 is 0 Å². The summed E-state index contributed by atoms with van der Waals surface area (Å²) in [7, 11) is -2.75. The molecule has 5 rings (SSSR count). The number of fused-ring (bicyclic) bond motifs is 1. The summed E-state index contributed by atoms with van der Waals surface area (Å²) < 4.78 is 40.5. The van der Waals surface area contributed by atoms with E-state index in [-0.39, 0.29) is 22.2 Å². The first-order valence-corrected chi connectivity index (χ1v) is 12.7. The van der Waals surface area contributed by atoms with Crippen molar-refractivity contribution in [3.05, 3.63) is 96.6 Å². The number of nitrogens with zero attached hydrogens (tertiary/aromatic N) is 2. The minimum absolute atomic E-state index is 0.115. The smallest absolute Gasteiger partial charge is 0.311 e. The second kappa shape index (κ2) is 9.75. The van der Waals surface area contributed by atoms with E-state index in [1.54, 1.807) is 31.3 Å². The number of anilines is 2. The number of carbonyl (C=O) groups is 1. The highest BCUT2D eigenvalue weighted by molar-refractivity contribution is 7.92. The van der Waals surface area contributed by atoms with Crippen molar-refractivity contribution in [3.8, 4) is 17.1 Å². The second-order valence-corrected chi connectivity index (χ2v) is 9.80. The van der Waals surface area contributed by atoms with Gasteiger partial charge in [0.1, 0.15) is 10.6 Å². The van der Waals surface area contributed by atoms with Crippen molar-refractivity contribution >= 4 is 38.2 Å². The number of nitrogens with one attached hydrogen (secondary N) is 2. The molecule has 0 spiro atoms. The maximum absolute atomic E-state index is 13.5. The number of carbonyl (C=O) groups excluding carboxylic acids is 1. The number of benzene rings is 3. The topological polar surface area (TPSA) is 123 Å². The van der Waals surface area contributed by atoms with Crippen LogP contribution in [0.25, 0.3) is 22.2 Å². The van der Waals surface area contributed by atoms with Crippen molar-refractivity contribution in [1.29, 1.82) is 0 Å². The average molecular weight is 515 g/mol. The lowest BCUT2D eigenvalue weighted by Crippen LogP contribution is -2.17. The van der Waals surface area contributed by atoms with Crippen LogP contribution in [0.3, 0.4) is 0 Å². The molecule has 0 unspecified atom stereocenters. The summed E-state index contributed by atoms with van der Waals surface area (Å²) >= 11 is 0. The minimum Gasteiger partial charge on any atom is -0.495 e. The first kappa shape index (κ1) is 24.0. The Morgan fingerprint density at radius 2 is 1.78 bits per heavy atom. The van der Waals surface area contributed by atoms with Crippen LogP contribution >= 0.6 is 0 Å². The van der Waals surface area contributed by atoms with Crippen molar-refractivity contribution in [2.24, 2.45) is 0 Å². The number of aromatic nitrogens is 2. The van der Waals surface area contributed by atoms with E-state index in [1.807, 2.05) is 36.4 Å². The Hall–Kier alpha value is -4.70. The molecule has 1 amide bonds. The zero-order valence-electron chi connectivity index (χ0n) is 19.9. The number of oxazole rings is 1. The molecule has 9 nitrogen and oxygen atoms in total. The lowest BCUT2D eigenvalue weighted by atomic mass is 10.1. The Kier molecular flexibility index (Phi) is 6.33. The molecule has 0 aliphatic rings. The van der Waals surface area contributed by atoms with Crippen LogP contribution in [0.2, 0.25) is 0 Å². The quantitative estimate of drug-likeness (QED) is 0.304. The van der Waals surface area contributed by atoms with Gasteiger partial charge in [0, 0.05) is 22.8 Å². The Morgan fingerprint density at radius 1 is 0.973 bits per heavy atom. The molecule has 0 aliphatic heterocycles. The normalized spacial score (nSPS) is 11.3. The standard InChI is InChI=1S/C27H22N4O5S/c1-17-10-12-21-20(9-6-14-28-21)25(17)31-37(33,34)24-15-19(11-13-22(24)35-2)30-26(32)27-29-16-23(36-27)18-7-4-3-5-8-18/h3-16,31H,1-2H3,(H,30,32). The summed E-state index contributed by atoms with van der Waals surface area (Å²) in [6.07, 6.45) is 3.10. The Bertz CT molecular complexity index is 1720. The van der Waals surface area contributed by atoms with Crippen molar-refractivity contribution in [2.45, 2.75) is 11.8 Å². The van der Waals surface area contributed by atoms with Gasteiger partial charge in [-0.25, -0.2) is 13.4 Å². The lowest BCUT2D eigenvalue weighted by Gasteiger charge is -2.16. The number of rotatable bonds is 7. The van der Waals surface area contributed by atoms with Crippen LogP contribution in [0, 0.1) is 6.92 Å². The third-order valence-corrected chi connectivity index (χ3v) is 7.07. The molecule has 10 heteroatoms. The molecule has 2 aromatic heterocycles. The van der Waals surface area contributed by atoms with Gasteiger partial charge < -0.3 is 14.5 Å². The number of aryl methyl sites for hydroxylation is 1. The predicted molar refractivity (Wildman–Crippen MR) is 140 cm³/mol. The molecular formula is C27H22N4O5S. The third kappa shape index (κ3) is 4.87. The van der Waals surface area contributed by atoms with Crippen molar-refractivity contribution in [2.75, 3.05) is 17.1 Å². The molecule has 0 atom stereocenters. The molecular weight excluding hydrogens is 492 g/mol. The summed E-state index contributed by atoms with van der Waals surface area (Å²) in [4.78, 5) is 21.0. The zero-order valence-corrected chi connectivity index (χ0v) is 20.7. The van der Waals surface area contributed by atoms with Gasteiger partial charge in [-0.1, -0.05) is 36.4 Å². The maximum Gasteiger partial charge on any atom is 0.311 e. The molecule has 2 N–H and O–H groups in total. The second-order valence-electron chi connectivity index (χ2n) is 8.15. The van der Waals surface area contributed by atoms with Gasteiger partial charge in [-0.05, 0) is 48.9 Å². The highest BCUT2D eigenvalue weighted by Gasteiger charge is 2.23. The fraction of sp³-hybridized carbons (Fsp3) is 0.0741. The van der Waals surface area contributed by atoms with Crippen molar-refractivity contribution in [3.63, 3.8) is 0 Å². The molecule has 37 heavy (non-hydrogen) atoms. The maximum atomic E-state index is 13.5. The van der Waals surface area contributed by atoms with Crippen molar-refractivity contribution < 1.29 is 22.4 Å². The number of sulfonamides is 1. The first-order valence-electron chi connectivity index (χ1n) is 11.2. The van der Waals surface area contributed by atoms with E-state index in [2.05, 4.69) is 20.0 Å². The van der Waals surface area contributed by atoms with E-state index < -0.39 is 15.9 Å². The first-order chi connectivity index (χ1) is 17.9. The molecule has 0 aliphatic carbocycles. The van der Waals surface area contributed by atoms with Gasteiger partial charge in [0.2, 0.25) is 0 Å². The van der Waals surface area contributed by atoms with Gasteiger partial charge in [-0.2, -0.15) is 0 Å². The average Bonchev–Trinajstić information content (AvgIpc) is 3.42. The van der Waals surface area contributed by atoms with Crippen LogP contribution in [-0.4, -0.2) is 31.4 Å². The summed E-state index contributed by atoms with van der Waals surface area (Å²) in [6.45, 7) is 1.80. The SMILES string of the molecule is COc1ccc(NC(=O)c2ncc(-c3ccccc3)o2)cc1S(=O)(=O)Nc1c(C)ccc2ncccc12. The molecule has 0 saturated carbocycles. The lowest BCUT2D eigenvalue weighted by molar-refractivity contribution is 0.0991. The number of pyridine rings is 1. The molecule has 5 aromatic rings. The fourth-order valence-corrected chi connectivity index (χ4v) is 5.20. The van der Waals surface area contributed by atoms with Crippen LogP contribution in [-0.2, 0) is 10.0 Å². The summed E-state index contributed by atoms with van der Waals surface area (Å²) in [5.41, 5.74) is 2.79. The van der Waals surface area contributed by atoms with Crippen LogP contribution in [0.4, 0.5) is 11.4 Å². The summed E-state index contributed by atoms with van der Waals surface area (Å²) in [6, 6.07) is 20.7. The number of amides is 1. The summed E-state index contributed by atoms with van der Waals surface area (Å²) in [5.74, 6) is -0.229. The molecule has 2 heterocycles. The van der Waals surface area contributed by atoms with Crippen molar-refractivity contribution in [1.82, 2.24) is 9.97 Å². The Balaban J connectivity index is 1.44. The van der Waals surface area contributed by atoms with Gasteiger partial charge in [0.25, 0.3) is 15.9 Å². The zero-order chi connectivity index (χ0) is 26.0. The van der Waals surface area contributed by atoms with Gasteiger partial charge in [0.15, 0.2) is 5.76 Å². The Morgan fingerprint density at radius 3 is 2.57 bits per heavy atom. The number of ether oxygens (including phenoxy) is 1. The number of hydrogen-bond acceptors (Lipinski definition) is 7.